The van der Waals surface area contributed by atoms with Gasteiger partial charge in [-0.1, -0.05) is 12.2 Å². The molecule has 4 N–H and O–H groups in total. The van der Waals surface area contributed by atoms with Gasteiger partial charge in [0.05, 0.1) is 17.1 Å². The summed E-state index contributed by atoms with van der Waals surface area (Å²) in [5.41, 5.74) is 4.49. The van der Waals surface area contributed by atoms with Crippen LogP contribution in [0.1, 0.15) is 13.8 Å². The second-order valence-corrected chi connectivity index (χ2v) is 6.05. The average Bonchev–Trinajstić information content (AvgIpc) is 2.34. The Morgan fingerprint density at radius 2 is 1.85 bits per heavy atom. The lowest BCUT2D eigenvalue weighted by Gasteiger charge is -2.36. The van der Waals surface area contributed by atoms with Gasteiger partial charge in [0.15, 0.2) is 0 Å². The van der Waals surface area contributed by atoms with Crippen molar-refractivity contribution in [3.05, 3.63) is 0 Å². The van der Waals surface area contributed by atoms with Crippen molar-refractivity contribution >= 4 is 29.0 Å². The molecule has 0 aromatic heterocycles. The van der Waals surface area contributed by atoms with E-state index in [1.54, 1.807) is 13.8 Å². The van der Waals surface area contributed by atoms with Gasteiger partial charge in [-0.25, -0.2) is 0 Å². The number of rotatable bonds is 4. The van der Waals surface area contributed by atoms with Crippen LogP contribution < -0.4 is 11.1 Å². The van der Waals surface area contributed by atoms with E-state index < -0.39 is 17.4 Å². The molecule has 0 spiro atoms. The summed E-state index contributed by atoms with van der Waals surface area (Å²) in [6.07, 6.45) is 0. The lowest BCUT2D eigenvalue weighted by Crippen LogP contribution is -2.55. The summed E-state index contributed by atoms with van der Waals surface area (Å²) in [5.74, 6) is -1.25. The fourth-order valence-corrected chi connectivity index (χ4v) is 2.12. The zero-order valence-corrected chi connectivity index (χ0v) is 12.7. The van der Waals surface area contributed by atoms with Gasteiger partial charge in [-0.15, -0.1) is 0 Å². The van der Waals surface area contributed by atoms with Gasteiger partial charge in [-0.05, 0) is 13.8 Å². The molecule has 0 aromatic carbocycles. The van der Waals surface area contributed by atoms with Crippen molar-refractivity contribution in [1.29, 1.82) is 0 Å². The number of nitrogens with one attached hydrogen (secondary N) is 1. The minimum Gasteiger partial charge on any atom is -0.392 e. The van der Waals surface area contributed by atoms with E-state index in [9.17, 15) is 14.7 Å². The molecule has 7 nitrogen and oxygen atoms in total. The number of amides is 2. The first-order valence-electron chi connectivity index (χ1n) is 6.49. The molecule has 0 aromatic rings. The summed E-state index contributed by atoms with van der Waals surface area (Å²) >= 11 is 4.63. The number of β-amino-alcohol motifs (C(OH)–C–C–N with tert-alkyl or cyclic N) is 1. The summed E-state index contributed by atoms with van der Waals surface area (Å²) < 4.78 is 0. The van der Waals surface area contributed by atoms with Gasteiger partial charge in [0.1, 0.15) is 0 Å². The fourth-order valence-electron chi connectivity index (χ4n) is 2.04. The zero-order chi connectivity index (χ0) is 15.3. The fraction of sp³-hybridized carbons (Fsp3) is 0.750. The van der Waals surface area contributed by atoms with Crippen molar-refractivity contribution in [3.63, 3.8) is 0 Å². The zero-order valence-electron chi connectivity index (χ0n) is 11.9. The van der Waals surface area contributed by atoms with E-state index in [2.05, 4.69) is 22.4 Å². The molecule has 1 rings (SSSR count). The minimum atomic E-state index is -0.764. The molecule has 1 aliphatic rings. The summed E-state index contributed by atoms with van der Waals surface area (Å²) in [7, 11) is 0. The molecule has 0 bridgehead atoms. The smallest absolute Gasteiger partial charge is 0.311 e. The second kappa shape index (κ2) is 6.96. The number of hydrogen-bond donors (Lipinski definition) is 3. The molecule has 0 unspecified atom stereocenters. The monoisotopic (exact) mass is 302 g/mol. The molecule has 1 saturated heterocycles. The molecule has 0 aliphatic carbocycles. The lowest BCUT2D eigenvalue weighted by atomic mass is 10.1. The van der Waals surface area contributed by atoms with Gasteiger partial charge in [-0.3, -0.25) is 14.5 Å². The van der Waals surface area contributed by atoms with Crippen molar-refractivity contribution in [3.8, 4) is 0 Å². The number of thiocarbonyl (C=S) groups is 1. The van der Waals surface area contributed by atoms with E-state index in [0.29, 0.717) is 32.7 Å². The highest BCUT2D eigenvalue weighted by Gasteiger charge is 2.27. The van der Waals surface area contributed by atoms with E-state index in [1.165, 1.54) is 4.90 Å². The Labute approximate surface area is 124 Å². The van der Waals surface area contributed by atoms with Crippen molar-refractivity contribution in [2.45, 2.75) is 19.4 Å². The molecule has 0 atom stereocenters. The molecule has 1 fully saturated rings. The number of aliphatic hydroxyl groups is 1. The second-order valence-electron chi connectivity index (χ2n) is 5.53. The van der Waals surface area contributed by atoms with Crippen LogP contribution in [-0.4, -0.2) is 76.6 Å². The van der Waals surface area contributed by atoms with Crippen LogP contribution in [0.4, 0.5) is 0 Å². The Morgan fingerprint density at radius 1 is 1.30 bits per heavy atom. The van der Waals surface area contributed by atoms with Gasteiger partial charge in [0.2, 0.25) is 0 Å². The van der Waals surface area contributed by atoms with Gasteiger partial charge in [0, 0.05) is 32.7 Å². The third kappa shape index (κ3) is 5.81. The highest BCUT2D eigenvalue weighted by molar-refractivity contribution is 7.80. The normalized spacial score (nSPS) is 16.9. The summed E-state index contributed by atoms with van der Waals surface area (Å²) in [6, 6.07) is 0. The van der Waals surface area contributed by atoms with Crippen LogP contribution >= 0.6 is 12.2 Å². The van der Waals surface area contributed by atoms with Crippen molar-refractivity contribution in [2.24, 2.45) is 5.73 Å². The maximum atomic E-state index is 11.9. The van der Waals surface area contributed by atoms with E-state index in [4.69, 9.17) is 5.73 Å². The molecule has 0 saturated carbocycles. The van der Waals surface area contributed by atoms with Crippen LogP contribution in [0.5, 0.6) is 0 Å². The van der Waals surface area contributed by atoms with Crippen LogP contribution in [0.2, 0.25) is 0 Å². The predicted octanol–water partition coefficient (Wildman–Crippen LogP) is -1.70. The van der Waals surface area contributed by atoms with E-state index in [1.807, 2.05) is 0 Å². The number of piperazine rings is 1. The first-order valence-corrected chi connectivity index (χ1v) is 6.90. The van der Waals surface area contributed by atoms with Crippen molar-refractivity contribution in [1.82, 2.24) is 15.1 Å². The minimum absolute atomic E-state index is 0.0264. The molecule has 1 heterocycles. The number of nitrogens with zero attached hydrogens (tertiary/aromatic N) is 2. The van der Waals surface area contributed by atoms with Crippen LogP contribution in [0, 0.1) is 0 Å². The standard InChI is InChI=1S/C12H22N4O3S/c1-12(2,19)8-15-3-5-16(6-4-15)11(18)10(17)14-7-9(13)20/h19H,3-8H2,1-2H3,(H2,13,20)(H,14,17). The lowest BCUT2D eigenvalue weighted by molar-refractivity contribution is -0.147. The Kier molecular flexibility index (Phi) is 5.85. The summed E-state index contributed by atoms with van der Waals surface area (Å²) in [4.78, 5) is 27.2. The quantitative estimate of drug-likeness (QED) is 0.423. The third-order valence-electron chi connectivity index (χ3n) is 2.89. The third-order valence-corrected chi connectivity index (χ3v) is 3.03. The van der Waals surface area contributed by atoms with E-state index in [0.717, 1.165) is 0 Å². The van der Waals surface area contributed by atoms with E-state index >= 15 is 0 Å². The Hall–Kier alpha value is -1.25. The Balaban J connectivity index is 2.39. The van der Waals surface area contributed by atoms with Gasteiger partial charge in [0.25, 0.3) is 0 Å². The average molecular weight is 302 g/mol. The Morgan fingerprint density at radius 3 is 2.30 bits per heavy atom. The summed E-state index contributed by atoms with van der Waals surface area (Å²) in [6.45, 7) is 6.27. The number of hydrogen-bond acceptors (Lipinski definition) is 5. The van der Waals surface area contributed by atoms with Gasteiger partial charge in [-0.2, -0.15) is 0 Å². The molecule has 8 heteroatoms. The van der Waals surface area contributed by atoms with Crippen molar-refractivity contribution < 1.29 is 14.7 Å². The van der Waals surface area contributed by atoms with Crippen molar-refractivity contribution in [2.75, 3.05) is 39.3 Å². The van der Waals surface area contributed by atoms with Crippen LogP contribution in [0.3, 0.4) is 0 Å². The van der Waals surface area contributed by atoms with Gasteiger partial charge < -0.3 is 21.1 Å². The van der Waals surface area contributed by atoms with Crippen LogP contribution in [0.15, 0.2) is 0 Å². The summed E-state index contributed by atoms with van der Waals surface area (Å²) in [5, 5.41) is 12.1. The molecule has 114 valence electrons. The van der Waals surface area contributed by atoms with Crippen LogP contribution in [0.25, 0.3) is 0 Å². The molecule has 2 amide bonds. The highest BCUT2D eigenvalue weighted by Crippen LogP contribution is 2.08. The largest absolute Gasteiger partial charge is 0.392 e. The SMILES string of the molecule is CC(C)(O)CN1CCN(C(=O)C(=O)NCC(N)=S)CC1. The van der Waals surface area contributed by atoms with Gasteiger partial charge >= 0.3 is 11.8 Å². The molecule has 1 aliphatic heterocycles. The number of nitrogens with two attached hydrogens (primary N) is 1. The Bertz CT molecular complexity index is 387. The predicted molar refractivity (Wildman–Crippen MR) is 79.1 cm³/mol. The topological polar surface area (TPSA) is 98.9 Å². The maximum absolute atomic E-state index is 11.9. The number of carbonyl (C=O) groups is 2. The first-order chi connectivity index (χ1) is 9.19. The maximum Gasteiger partial charge on any atom is 0.311 e. The number of carbonyl (C=O) groups excluding carboxylic acids is 2. The first kappa shape index (κ1) is 16.8. The molecule has 0 radical (unpaired) electrons. The van der Waals surface area contributed by atoms with Crippen LogP contribution in [-0.2, 0) is 9.59 Å². The molecular weight excluding hydrogens is 280 g/mol. The molecular formula is C12H22N4O3S. The molecule has 20 heavy (non-hydrogen) atoms. The highest BCUT2D eigenvalue weighted by atomic mass is 32.1. The van der Waals surface area contributed by atoms with E-state index in [-0.39, 0.29) is 11.5 Å².